The van der Waals surface area contributed by atoms with Crippen LogP contribution in [0.15, 0.2) is 60.7 Å². The zero-order chi connectivity index (χ0) is 20.6. The zero-order valence-electron chi connectivity index (χ0n) is 16.5. The van der Waals surface area contributed by atoms with Crippen LogP contribution in [0.5, 0.6) is 0 Å². The van der Waals surface area contributed by atoms with Crippen LogP contribution in [0.3, 0.4) is 0 Å². The van der Waals surface area contributed by atoms with Gasteiger partial charge < -0.3 is 15.0 Å². The Kier molecular flexibility index (Phi) is 7.00. The highest BCUT2D eigenvalue weighted by Gasteiger charge is 2.32. The summed E-state index contributed by atoms with van der Waals surface area (Å²) in [6.45, 7) is 2.89. The van der Waals surface area contributed by atoms with E-state index in [0.717, 1.165) is 19.3 Å². The molecule has 0 aromatic heterocycles. The monoisotopic (exact) mass is 394 g/mol. The second-order valence-corrected chi connectivity index (χ2v) is 7.17. The Labute approximate surface area is 170 Å². The Morgan fingerprint density at radius 2 is 1.48 bits per heavy atom. The van der Waals surface area contributed by atoms with Crippen LogP contribution in [0.1, 0.15) is 48.2 Å². The summed E-state index contributed by atoms with van der Waals surface area (Å²) in [5.41, 5.74) is 1.08. The van der Waals surface area contributed by atoms with Gasteiger partial charge in [0, 0.05) is 24.2 Å². The number of nitrogens with zero attached hydrogens (tertiary/aromatic N) is 1. The van der Waals surface area contributed by atoms with E-state index in [2.05, 4.69) is 5.32 Å². The molecule has 0 spiro atoms. The van der Waals surface area contributed by atoms with Gasteiger partial charge in [-0.05, 0) is 38.3 Å². The number of nitrogens with one attached hydrogen (secondary N) is 1. The second kappa shape index (κ2) is 9.87. The van der Waals surface area contributed by atoms with Crippen molar-refractivity contribution < 1.29 is 19.1 Å². The molecule has 1 aliphatic heterocycles. The van der Waals surface area contributed by atoms with Crippen molar-refractivity contribution in [2.45, 2.75) is 38.3 Å². The van der Waals surface area contributed by atoms with Crippen LogP contribution in [0, 0.1) is 0 Å². The van der Waals surface area contributed by atoms with E-state index in [1.54, 1.807) is 60.4 Å². The Morgan fingerprint density at radius 1 is 0.897 bits per heavy atom. The number of hydrogen-bond donors (Lipinski definition) is 1. The maximum atomic E-state index is 13.1. The summed E-state index contributed by atoms with van der Waals surface area (Å²) in [6, 6.07) is 16.8. The Balaban J connectivity index is 1.70. The topological polar surface area (TPSA) is 75.7 Å². The van der Waals surface area contributed by atoms with E-state index in [4.69, 9.17) is 4.74 Å². The van der Waals surface area contributed by atoms with Gasteiger partial charge in [0.25, 0.3) is 11.8 Å². The lowest BCUT2D eigenvalue weighted by Crippen LogP contribution is -2.43. The molecule has 1 aliphatic rings. The van der Waals surface area contributed by atoms with Crippen molar-refractivity contribution in [2.24, 2.45) is 0 Å². The van der Waals surface area contributed by atoms with E-state index >= 15 is 0 Å². The van der Waals surface area contributed by atoms with Gasteiger partial charge in [-0.2, -0.15) is 0 Å². The van der Waals surface area contributed by atoms with Crippen molar-refractivity contribution in [1.29, 1.82) is 0 Å². The fraction of sp³-hybridized carbons (Fsp3) is 0.348. The van der Waals surface area contributed by atoms with Crippen molar-refractivity contribution in [3.8, 4) is 0 Å². The average Bonchev–Trinajstić information content (AvgIpc) is 2.78. The van der Waals surface area contributed by atoms with Crippen molar-refractivity contribution in [3.63, 3.8) is 0 Å². The minimum absolute atomic E-state index is 0.217. The van der Waals surface area contributed by atoms with Gasteiger partial charge in [0.1, 0.15) is 6.04 Å². The number of rotatable bonds is 6. The number of ether oxygens (including phenoxy) is 1. The molecule has 2 aromatic carbocycles. The van der Waals surface area contributed by atoms with Crippen LogP contribution in [-0.2, 0) is 14.3 Å². The van der Waals surface area contributed by atoms with Gasteiger partial charge >= 0.3 is 5.97 Å². The SMILES string of the molecule is C[C@H](NC(=O)c1ccccc1)C(=O)OC(C(=O)N1CCCCC1)c1ccccc1. The van der Waals surface area contributed by atoms with E-state index in [9.17, 15) is 14.4 Å². The molecule has 6 heteroatoms. The molecule has 0 bridgehead atoms. The molecule has 152 valence electrons. The van der Waals surface area contributed by atoms with Crippen LogP contribution in [0.25, 0.3) is 0 Å². The molecular weight excluding hydrogens is 368 g/mol. The fourth-order valence-electron chi connectivity index (χ4n) is 3.32. The number of carbonyl (C=O) groups is 3. The van der Waals surface area contributed by atoms with Crippen LogP contribution < -0.4 is 5.32 Å². The van der Waals surface area contributed by atoms with Crippen LogP contribution in [0.4, 0.5) is 0 Å². The van der Waals surface area contributed by atoms with Crippen molar-refractivity contribution in [1.82, 2.24) is 10.2 Å². The summed E-state index contributed by atoms with van der Waals surface area (Å²) in [5.74, 6) is -1.23. The first kappa shape index (κ1) is 20.6. The third kappa shape index (κ3) is 5.44. The molecule has 2 atom stereocenters. The van der Waals surface area contributed by atoms with Gasteiger partial charge in [0.05, 0.1) is 0 Å². The minimum atomic E-state index is -1.02. The number of piperidine rings is 1. The molecule has 2 aromatic rings. The predicted octanol–water partition coefficient (Wildman–Crippen LogP) is 3.10. The number of likely N-dealkylation sites (tertiary alicyclic amines) is 1. The number of benzene rings is 2. The number of carbonyl (C=O) groups excluding carboxylic acids is 3. The van der Waals surface area contributed by atoms with Crippen molar-refractivity contribution in [3.05, 3.63) is 71.8 Å². The van der Waals surface area contributed by atoms with E-state index in [1.165, 1.54) is 0 Å². The van der Waals surface area contributed by atoms with Crippen LogP contribution >= 0.6 is 0 Å². The summed E-state index contributed by atoms with van der Waals surface area (Å²) in [5, 5.41) is 2.63. The van der Waals surface area contributed by atoms with Gasteiger partial charge in [-0.3, -0.25) is 9.59 Å². The zero-order valence-corrected chi connectivity index (χ0v) is 16.5. The first-order chi connectivity index (χ1) is 14.1. The molecule has 2 amide bonds. The molecule has 1 heterocycles. The first-order valence-corrected chi connectivity index (χ1v) is 9.96. The summed E-state index contributed by atoms with van der Waals surface area (Å²) >= 11 is 0. The van der Waals surface area contributed by atoms with E-state index in [0.29, 0.717) is 24.2 Å². The van der Waals surface area contributed by atoms with E-state index in [-0.39, 0.29) is 11.8 Å². The Morgan fingerprint density at radius 3 is 2.10 bits per heavy atom. The van der Waals surface area contributed by atoms with Gasteiger partial charge in [-0.25, -0.2) is 4.79 Å². The lowest BCUT2D eigenvalue weighted by atomic mass is 10.1. The van der Waals surface area contributed by atoms with Crippen LogP contribution in [0.2, 0.25) is 0 Å². The highest BCUT2D eigenvalue weighted by Crippen LogP contribution is 2.23. The lowest BCUT2D eigenvalue weighted by Gasteiger charge is -2.30. The van der Waals surface area contributed by atoms with Crippen LogP contribution in [-0.4, -0.2) is 41.8 Å². The molecule has 1 fully saturated rings. The summed E-state index contributed by atoms with van der Waals surface area (Å²) in [7, 11) is 0. The van der Waals surface area contributed by atoms with E-state index < -0.39 is 18.1 Å². The van der Waals surface area contributed by atoms with Gasteiger partial charge in [0.15, 0.2) is 0 Å². The van der Waals surface area contributed by atoms with Crippen molar-refractivity contribution in [2.75, 3.05) is 13.1 Å². The lowest BCUT2D eigenvalue weighted by molar-refractivity contribution is -0.162. The highest BCUT2D eigenvalue weighted by atomic mass is 16.5. The van der Waals surface area contributed by atoms with Crippen molar-refractivity contribution >= 4 is 17.8 Å². The van der Waals surface area contributed by atoms with Gasteiger partial charge in [0.2, 0.25) is 6.10 Å². The normalized spacial score (nSPS) is 15.8. The smallest absolute Gasteiger partial charge is 0.329 e. The largest absolute Gasteiger partial charge is 0.446 e. The molecule has 1 N–H and O–H groups in total. The first-order valence-electron chi connectivity index (χ1n) is 9.96. The number of esters is 1. The summed E-state index contributed by atoms with van der Waals surface area (Å²) < 4.78 is 5.61. The molecular formula is C23H26N2O4. The standard InChI is InChI=1S/C23H26N2O4/c1-17(24-21(26)19-13-7-3-8-14-19)23(28)29-20(18-11-5-2-6-12-18)22(27)25-15-9-4-10-16-25/h2-3,5-8,11-14,17,20H,4,9-10,15-16H2,1H3,(H,24,26)/t17-,20?/m0/s1. The third-order valence-corrected chi connectivity index (χ3v) is 4.97. The minimum Gasteiger partial charge on any atom is -0.446 e. The summed E-state index contributed by atoms with van der Waals surface area (Å²) in [6.07, 6.45) is 1.98. The second-order valence-electron chi connectivity index (χ2n) is 7.17. The third-order valence-electron chi connectivity index (χ3n) is 4.97. The Bertz CT molecular complexity index is 832. The quantitative estimate of drug-likeness (QED) is 0.764. The fourth-order valence-corrected chi connectivity index (χ4v) is 3.32. The van der Waals surface area contributed by atoms with Gasteiger partial charge in [-0.15, -0.1) is 0 Å². The highest BCUT2D eigenvalue weighted by molar-refractivity contribution is 5.97. The summed E-state index contributed by atoms with van der Waals surface area (Å²) in [4.78, 5) is 39.8. The molecule has 0 aliphatic carbocycles. The van der Waals surface area contributed by atoms with E-state index in [1.807, 2.05) is 12.1 Å². The molecule has 6 nitrogen and oxygen atoms in total. The van der Waals surface area contributed by atoms with Gasteiger partial charge in [-0.1, -0.05) is 48.5 Å². The molecule has 0 saturated carbocycles. The maximum absolute atomic E-state index is 13.1. The molecule has 3 rings (SSSR count). The number of hydrogen-bond acceptors (Lipinski definition) is 4. The number of amides is 2. The molecule has 0 radical (unpaired) electrons. The average molecular weight is 394 g/mol. The predicted molar refractivity (Wildman–Crippen MR) is 109 cm³/mol. The molecule has 29 heavy (non-hydrogen) atoms. The molecule has 1 saturated heterocycles. The Hall–Kier alpha value is -3.15. The maximum Gasteiger partial charge on any atom is 0.329 e. The molecule has 1 unspecified atom stereocenters.